The van der Waals surface area contributed by atoms with Gasteiger partial charge in [-0.05, 0) is 55.2 Å². The first-order chi connectivity index (χ1) is 14.2. The van der Waals surface area contributed by atoms with Crippen LogP contribution in [-0.2, 0) is 12.8 Å². The van der Waals surface area contributed by atoms with Gasteiger partial charge in [0.1, 0.15) is 0 Å². The summed E-state index contributed by atoms with van der Waals surface area (Å²) in [5, 5.41) is 9.27. The van der Waals surface area contributed by atoms with E-state index < -0.39 is 0 Å². The van der Waals surface area contributed by atoms with Crippen molar-refractivity contribution in [1.29, 1.82) is 0 Å². The number of hydrogen-bond acceptors (Lipinski definition) is 4. The summed E-state index contributed by atoms with van der Waals surface area (Å²) in [5.74, 6) is 2.32. The molecule has 0 fully saturated rings. The summed E-state index contributed by atoms with van der Waals surface area (Å²) in [7, 11) is 1.64. The topological polar surface area (TPSA) is 84.0 Å². The maximum atomic E-state index is 11.8. The molecule has 3 rings (SSSR count). The predicted octanol–water partition coefficient (Wildman–Crippen LogP) is 2.73. The fraction of sp³-hybridized carbons (Fsp3) is 0.364. The second kappa shape index (κ2) is 12.3. The number of fused-ring (bicyclic) bond motifs is 1. The average molecular weight is 524 g/mol. The molecule has 0 bridgehead atoms. The molecule has 0 saturated heterocycles. The number of halogens is 1. The standard InChI is InChI=1S/C22H28N4O3.HI/c1-3-24-22(25-11-9-16-5-4-6-18(13-16)21(27)23-2)26-12-10-17-7-8-19-20(14-17)29-15-28-19;/h4-8,13-14H,3,9-12,15H2,1-2H3,(H,23,27)(H2,24,25,26);1H. The van der Waals surface area contributed by atoms with Gasteiger partial charge in [-0.3, -0.25) is 9.79 Å². The third-order valence-corrected chi connectivity index (χ3v) is 4.57. The van der Waals surface area contributed by atoms with Gasteiger partial charge in [0.15, 0.2) is 17.5 Å². The molecule has 2 aromatic carbocycles. The van der Waals surface area contributed by atoms with Gasteiger partial charge in [0.05, 0.1) is 0 Å². The van der Waals surface area contributed by atoms with Gasteiger partial charge in [0, 0.05) is 32.2 Å². The largest absolute Gasteiger partial charge is 0.454 e. The van der Waals surface area contributed by atoms with Crippen LogP contribution < -0.4 is 25.4 Å². The van der Waals surface area contributed by atoms with Crippen molar-refractivity contribution in [1.82, 2.24) is 16.0 Å². The van der Waals surface area contributed by atoms with E-state index >= 15 is 0 Å². The van der Waals surface area contributed by atoms with Crippen LogP contribution in [0.5, 0.6) is 11.5 Å². The second-order valence-corrected chi connectivity index (χ2v) is 6.65. The number of carbonyl (C=O) groups is 1. The number of benzene rings is 2. The summed E-state index contributed by atoms with van der Waals surface area (Å²) >= 11 is 0. The average Bonchev–Trinajstić information content (AvgIpc) is 3.21. The van der Waals surface area contributed by atoms with Crippen LogP contribution in [0.1, 0.15) is 28.4 Å². The van der Waals surface area contributed by atoms with Crippen LogP contribution in [0.4, 0.5) is 0 Å². The van der Waals surface area contributed by atoms with E-state index in [0.717, 1.165) is 49.0 Å². The van der Waals surface area contributed by atoms with Gasteiger partial charge < -0.3 is 25.4 Å². The highest BCUT2D eigenvalue weighted by molar-refractivity contribution is 14.0. The summed E-state index contributed by atoms with van der Waals surface area (Å²) in [6.45, 7) is 4.52. The van der Waals surface area contributed by atoms with E-state index in [9.17, 15) is 4.79 Å². The lowest BCUT2D eigenvalue weighted by atomic mass is 10.1. The van der Waals surface area contributed by atoms with E-state index in [4.69, 9.17) is 9.47 Å². The Hall–Kier alpha value is -2.49. The summed E-state index contributed by atoms with van der Waals surface area (Å²) in [4.78, 5) is 16.4. The van der Waals surface area contributed by atoms with Crippen molar-refractivity contribution in [2.45, 2.75) is 19.8 Å². The summed E-state index contributed by atoms with van der Waals surface area (Å²) < 4.78 is 10.8. The van der Waals surface area contributed by atoms with Crippen LogP contribution in [-0.4, -0.2) is 45.3 Å². The summed E-state index contributed by atoms with van der Waals surface area (Å²) in [6, 6.07) is 13.7. The van der Waals surface area contributed by atoms with E-state index in [0.29, 0.717) is 12.1 Å². The second-order valence-electron chi connectivity index (χ2n) is 6.65. The summed E-state index contributed by atoms with van der Waals surface area (Å²) in [5.41, 5.74) is 2.95. The molecule has 0 aromatic heterocycles. The number of hydrogen-bond donors (Lipinski definition) is 3. The Bertz CT molecular complexity index is 873. The number of aliphatic imine (C=N–C) groups is 1. The molecule has 2 aromatic rings. The van der Waals surface area contributed by atoms with Crippen LogP contribution in [0.25, 0.3) is 0 Å². The van der Waals surface area contributed by atoms with Crippen molar-refractivity contribution in [3.63, 3.8) is 0 Å². The van der Waals surface area contributed by atoms with Crippen LogP contribution in [0.3, 0.4) is 0 Å². The highest BCUT2D eigenvalue weighted by Gasteiger charge is 2.12. The Morgan fingerprint density at radius 2 is 1.83 bits per heavy atom. The molecule has 0 spiro atoms. The molecule has 30 heavy (non-hydrogen) atoms. The lowest BCUT2D eigenvalue weighted by Crippen LogP contribution is -2.38. The Morgan fingerprint density at radius 3 is 2.63 bits per heavy atom. The number of nitrogens with one attached hydrogen (secondary N) is 3. The first-order valence-corrected chi connectivity index (χ1v) is 9.91. The quantitative estimate of drug-likeness (QED) is 0.281. The van der Waals surface area contributed by atoms with Crippen LogP contribution in [0.15, 0.2) is 47.5 Å². The minimum atomic E-state index is -0.0711. The number of rotatable bonds is 8. The van der Waals surface area contributed by atoms with Crippen molar-refractivity contribution in [3.8, 4) is 11.5 Å². The molecular weight excluding hydrogens is 495 g/mol. The minimum Gasteiger partial charge on any atom is -0.454 e. The first-order valence-electron chi connectivity index (χ1n) is 9.91. The molecule has 1 aliphatic rings. The minimum absolute atomic E-state index is 0. The molecule has 7 nitrogen and oxygen atoms in total. The van der Waals surface area contributed by atoms with E-state index in [1.807, 2.05) is 49.4 Å². The fourth-order valence-corrected chi connectivity index (χ4v) is 3.07. The SMILES string of the molecule is CCNC(=NCCc1ccc2c(c1)OCO2)NCCc1cccc(C(=O)NC)c1.I. The van der Waals surface area contributed by atoms with Crippen molar-refractivity contribution in [2.24, 2.45) is 4.99 Å². The summed E-state index contributed by atoms with van der Waals surface area (Å²) in [6.07, 6.45) is 1.62. The van der Waals surface area contributed by atoms with Crippen molar-refractivity contribution in [2.75, 3.05) is 33.5 Å². The van der Waals surface area contributed by atoms with Gasteiger partial charge in [-0.2, -0.15) is 0 Å². The molecular formula is C22H29IN4O3. The molecule has 1 heterocycles. The van der Waals surface area contributed by atoms with Crippen LogP contribution in [0, 0.1) is 0 Å². The Balaban J connectivity index is 0.00000320. The highest BCUT2D eigenvalue weighted by Crippen LogP contribution is 2.32. The number of nitrogens with zero attached hydrogens (tertiary/aromatic N) is 1. The molecule has 3 N–H and O–H groups in total. The normalized spacial score (nSPS) is 12.1. The molecule has 8 heteroatoms. The number of ether oxygens (including phenoxy) is 2. The Kier molecular flexibility index (Phi) is 9.72. The third-order valence-electron chi connectivity index (χ3n) is 4.57. The van der Waals surface area contributed by atoms with E-state index in [1.54, 1.807) is 7.05 Å². The van der Waals surface area contributed by atoms with Gasteiger partial charge in [-0.15, -0.1) is 24.0 Å². The molecule has 0 atom stereocenters. The molecule has 1 amide bonds. The van der Waals surface area contributed by atoms with Crippen molar-refractivity contribution < 1.29 is 14.3 Å². The van der Waals surface area contributed by atoms with E-state index in [2.05, 4.69) is 20.9 Å². The fourth-order valence-electron chi connectivity index (χ4n) is 3.07. The lowest BCUT2D eigenvalue weighted by Gasteiger charge is -2.12. The maximum Gasteiger partial charge on any atom is 0.251 e. The highest BCUT2D eigenvalue weighted by atomic mass is 127. The number of carbonyl (C=O) groups excluding carboxylic acids is 1. The monoisotopic (exact) mass is 524 g/mol. The van der Waals surface area contributed by atoms with Gasteiger partial charge in [-0.25, -0.2) is 0 Å². The Morgan fingerprint density at radius 1 is 1.03 bits per heavy atom. The molecule has 162 valence electrons. The zero-order valence-corrected chi connectivity index (χ0v) is 19.7. The third kappa shape index (κ3) is 6.79. The molecule has 0 unspecified atom stereocenters. The molecule has 0 aliphatic carbocycles. The first kappa shape index (κ1) is 23.8. The van der Waals surface area contributed by atoms with Crippen molar-refractivity contribution in [3.05, 3.63) is 59.2 Å². The number of amides is 1. The van der Waals surface area contributed by atoms with Crippen LogP contribution in [0.2, 0.25) is 0 Å². The van der Waals surface area contributed by atoms with E-state index in [1.165, 1.54) is 5.56 Å². The van der Waals surface area contributed by atoms with Gasteiger partial charge >= 0.3 is 0 Å². The lowest BCUT2D eigenvalue weighted by molar-refractivity contribution is 0.0963. The maximum absolute atomic E-state index is 11.8. The molecule has 0 radical (unpaired) electrons. The number of guanidine groups is 1. The zero-order chi connectivity index (χ0) is 20.5. The van der Waals surface area contributed by atoms with Gasteiger partial charge in [0.25, 0.3) is 5.91 Å². The van der Waals surface area contributed by atoms with Gasteiger partial charge in [-0.1, -0.05) is 18.2 Å². The zero-order valence-electron chi connectivity index (χ0n) is 17.4. The van der Waals surface area contributed by atoms with Gasteiger partial charge in [0.2, 0.25) is 6.79 Å². The molecule has 0 saturated carbocycles. The smallest absolute Gasteiger partial charge is 0.251 e. The van der Waals surface area contributed by atoms with Crippen molar-refractivity contribution >= 4 is 35.8 Å². The van der Waals surface area contributed by atoms with E-state index in [-0.39, 0.29) is 36.7 Å². The Labute approximate surface area is 194 Å². The predicted molar refractivity (Wildman–Crippen MR) is 129 cm³/mol. The van der Waals surface area contributed by atoms with Crippen LogP contribution >= 0.6 is 24.0 Å². The molecule has 1 aliphatic heterocycles.